The number of carbonyl (C=O) groups is 2. The number of nitrogens with one attached hydrogen (secondary N) is 1. The third-order valence-corrected chi connectivity index (χ3v) is 6.03. The summed E-state index contributed by atoms with van der Waals surface area (Å²) in [6, 6.07) is 19.5. The van der Waals surface area contributed by atoms with E-state index in [4.69, 9.17) is 14.2 Å². The highest BCUT2D eigenvalue weighted by molar-refractivity contribution is 5.89. The van der Waals surface area contributed by atoms with Gasteiger partial charge in [0.05, 0.1) is 20.6 Å². The van der Waals surface area contributed by atoms with Gasteiger partial charge < -0.3 is 24.4 Å². The second-order valence-electron chi connectivity index (χ2n) is 8.67. The first-order valence-corrected chi connectivity index (χ1v) is 12.6. The van der Waals surface area contributed by atoms with Crippen LogP contribution in [0.5, 0.6) is 11.5 Å². The Morgan fingerprint density at radius 3 is 2.26 bits per heavy atom. The summed E-state index contributed by atoms with van der Waals surface area (Å²) in [6.45, 7) is 3.59. The minimum Gasteiger partial charge on any atom is -0.493 e. The molecule has 3 rings (SSSR count). The minimum atomic E-state index is -0.888. The molecule has 0 aromatic heterocycles. The van der Waals surface area contributed by atoms with E-state index in [1.165, 1.54) is 24.1 Å². The van der Waals surface area contributed by atoms with Gasteiger partial charge in [0.1, 0.15) is 11.9 Å². The molecule has 0 saturated carbocycles. The fourth-order valence-electron chi connectivity index (χ4n) is 4.11. The molecular formula is C30H35FN2O5. The van der Waals surface area contributed by atoms with Crippen LogP contribution in [0.3, 0.4) is 0 Å². The average molecular weight is 523 g/mol. The first kappa shape index (κ1) is 28.7. The Labute approximate surface area is 223 Å². The summed E-state index contributed by atoms with van der Waals surface area (Å²) in [6.07, 6.45) is 0.682. The van der Waals surface area contributed by atoms with Crippen molar-refractivity contribution in [2.45, 2.75) is 32.4 Å². The molecule has 2 amide bonds. The monoisotopic (exact) mass is 522 g/mol. The Hall–Kier alpha value is -3.91. The Bertz CT molecular complexity index is 1170. The molecule has 0 heterocycles. The standard InChI is InChI=1S/C30H35FN2O5/c1-4-38-18-8-17-32-30(35)29(24-9-6-5-7-10-24)33(21-22-11-14-25(31)15-12-22)28(34)20-23-13-16-26(36-2)27(19-23)37-3/h5-7,9-16,19,29H,4,8,17-18,20-21H2,1-3H3,(H,32,35). The van der Waals surface area contributed by atoms with Crippen molar-refractivity contribution in [3.8, 4) is 11.5 Å². The van der Waals surface area contributed by atoms with Crippen LogP contribution in [0, 0.1) is 5.82 Å². The van der Waals surface area contributed by atoms with Gasteiger partial charge in [0.15, 0.2) is 11.5 Å². The van der Waals surface area contributed by atoms with E-state index in [1.54, 1.807) is 37.4 Å². The second-order valence-corrected chi connectivity index (χ2v) is 8.67. The van der Waals surface area contributed by atoms with Crippen LogP contribution in [0.4, 0.5) is 4.39 Å². The molecule has 0 aliphatic heterocycles. The largest absolute Gasteiger partial charge is 0.493 e. The number of methoxy groups -OCH3 is 2. The lowest BCUT2D eigenvalue weighted by atomic mass is 10.0. The molecule has 38 heavy (non-hydrogen) atoms. The maximum Gasteiger partial charge on any atom is 0.247 e. The molecule has 1 unspecified atom stereocenters. The second kappa shape index (κ2) is 14.7. The number of hydrogen-bond donors (Lipinski definition) is 1. The molecule has 7 nitrogen and oxygen atoms in total. The van der Waals surface area contributed by atoms with Gasteiger partial charge in [0, 0.05) is 26.3 Å². The van der Waals surface area contributed by atoms with Gasteiger partial charge in [-0.05, 0) is 54.3 Å². The van der Waals surface area contributed by atoms with E-state index in [0.717, 1.165) is 0 Å². The average Bonchev–Trinajstić information content (AvgIpc) is 2.94. The summed E-state index contributed by atoms with van der Waals surface area (Å²) < 4.78 is 29.7. The van der Waals surface area contributed by atoms with Crippen molar-refractivity contribution in [3.05, 3.63) is 95.3 Å². The topological polar surface area (TPSA) is 77.1 Å². The summed E-state index contributed by atoms with van der Waals surface area (Å²) in [5, 5.41) is 2.96. The van der Waals surface area contributed by atoms with Crippen LogP contribution in [-0.4, -0.2) is 50.7 Å². The highest BCUT2D eigenvalue weighted by Crippen LogP contribution is 2.29. The predicted molar refractivity (Wildman–Crippen MR) is 144 cm³/mol. The van der Waals surface area contributed by atoms with E-state index in [9.17, 15) is 14.0 Å². The zero-order valence-corrected chi connectivity index (χ0v) is 22.1. The van der Waals surface area contributed by atoms with Crippen LogP contribution in [-0.2, 0) is 27.3 Å². The summed E-state index contributed by atoms with van der Waals surface area (Å²) in [5.74, 6) is 0.133. The van der Waals surface area contributed by atoms with Crippen molar-refractivity contribution in [2.75, 3.05) is 34.0 Å². The van der Waals surface area contributed by atoms with Crippen molar-refractivity contribution in [2.24, 2.45) is 0 Å². The van der Waals surface area contributed by atoms with Crippen molar-refractivity contribution in [1.82, 2.24) is 10.2 Å². The van der Waals surface area contributed by atoms with E-state index < -0.39 is 6.04 Å². The normalized spacial score (nSPS) is 11.5. The SMILES string of the molecule is CCOCCCNC(=O)C(c1ccccc1)N(Cc1ccc(F)cc1)C(=O)Cc1ccc(OC)c(OC)c1. The fourth-order valence-corrected chi connectivity index (χ4v) is 4.11. The number of rotatable bonds is 14. The van der Waals surface area contributed by atoms with Crippen molar-refractivity contribution >= 4 is 11.8 Å². The van der Waals surface area contributed by atoms with Gasteiger partial charge in [-0.25, -0.2) is 4.39 Å². The van der Waals surface area contributed by atoms with Gasteiger partial charge in [-0.3, -0.25) is 9.59 Å². The molecule has 3 aromatic rings. The summed E-state index contributed by atoms with van der Waals surface area (Å²) in [7, 11) is 3.08. The van der Waals surface area contributed by atoms with Gasteiger partial charge in [-0.15, -0.1) is 0 Å². The Morgan fingerprint density at radius 2 is 1.61 bits per heavy atom. The van der Waals surface area contributed by atoms with E-state index >= 15 is 0 Å². The van der Waals surface area contributed by atoms with E-state index in [-0.39, 0.29) is 30.6 Å². The van der Waals surface area contributed by atoms with Crippen LogP contribution in [0.2, 0.25) is 0 Å². The van der Waals surface area contributed by atoms with Crippen LogP contribution >= 0.6 is 0 Å². The highest BCUT2D eigenvalue weighted by Gasteiger charge is 2.31. The summed E-state index contributed by atoms with van der Waals surface area (Å²) in [4.78, 5) is 29.0. The number of carbonyl (C=O) groups excluding carboxylic acids is 2. The third-order valence-electron chi connectivity index (χ3n) is 6.03. The number of amides is 2. The van der Waals surface area contributed by atoms with Crippen molar-refractivity contribution < 1.29 is 28.2 Å². The predicted octanol–water partition coefficient (Wildman–Crippen LogP) is 4.70. The molecule has 0 radical (unpaired) electrons. The molecular weight excluding hydrogens is 487 g/mol. The number of ether oxygens (including phenoxy) is 3. The van der Waals surface area contributed by atoms with E-state index in [2.05, 4.69) is 5.32 Å². The smallest absolute Gasteiger partial charge is 0.247 e. The van der Waals surface area contributed by atoms with Crippen molar-refractivity contribution in [3.63, 3.8) is 0 Å². The molecule has 0 spiro atoms. The number of nitrogens with zero attached hydrogens (tertiary/aromatic N) is 1. The molecule has 1 N–H and O–H groups in total. The maximum atomic E-state index is 13.9. The Balaban J connectivity index is 1.94. The molecule has 0 saturated heterocycles. The first-order chi connectivity index (χ1) is 18.5. The quantitative estimate of drug-likeness (QED) is 0.311. The molecule has 3 aromatic carbocycles. The number of hydrogen-bond acceptors (Lipinski definition) is 5. The zero-order valence-electron chi connectivity index (χ0n) is 22.1. The van der Waals surface area contributed by atoms with Crippen LogP contribution in [0.15, 0.2) is 72.8 Å². The van der Waals surface area contributed by atoms with Crippen LogP contribution in [0.25, 0.3) is 0 Å². The molecule has 8 heteroatoms. The van der Waals surface area contributed by atoms with Gasteiger partial charge in [0.2, 0.25) is 11.8 Å². The zero-order chi connectivity index (χ0) is 27.3. The molecule has 202 valence electrons. The molecule has 0 fully saturated rings. The van der Waals surface area contributed by atoms with E-state index in [0.29, 0.717) is 54.4 Å². The molecule has 0 aliphatic rings. The van der Waals surface area contributed by atoms with Gasteiger partial charge in [-0.1, -0.05) is 48.5 Å². The lowest BCUT2D eigenvalue weighted by Crippen LogP contribution is -2.44. The lowest BCUT2D eigenvalue weighted by molar-refractivity contribution is -0.141. The molecule has 0 bridgehead atoms. The summed E-state index contributed by atoms with van der Waals surface area (Å²) >= 11 is 0. The lowest BCUT2D eigenvalue weighted by Gasteiger charge is -2.32. The molecule has 1 atom stereocenters. The minimum absolute atomic E-state index is 0.0303. The summed E-state index contributed by atoms with van der Waals surface area (Å²) in [5.41, 5.74) is 2.09. The molecule has 0 aliphatic carbocycles. The van der Waals surface area contributed by atoms with Gasteiger partial charge in [-0.2, -0.15) is 0 Å². The fraction of sp³-hybridized carbons (Fsp3) is 0.333. The van der Waals surface area contributed by atoms with Crippen LogP contribution < -0.4 is 14.8 Å². The van der Waals surface area contributed by atoms with Crippen molar-refractivity contribution in [1.29, 1.82) is 0 Å². The third kappa shape index (κ3) is 8.05. The Kier molecular flexibility index (Phi) is 11.1. The number of halogens is 1. The number of benzene rings is 3. The van der Waals surface area contributed by atoms with E-state index in [1.807, 2.05) is 37.3 Å². The highest BCUT2D eigenvalue weighted by atomic mass is 19.1. The van der Waals surface area contributed by atoms with Crippen LogP contribution in [0.1, 0.15) is 36.1 Å². The maximum absolute atomic E-state index is 13.9. The van der Waals surface area contributed by atoms with Gasteiger partial charge >= 0.3 is 0 Å². The van der Waals surface area contributed by atoms with Gasteiger partial charge in [0.25, 0.3) is 0 Å². The Morgan fingerprint density at radius 1 is 0.921 bits per heavy atom. The first-order valence-electron chi connectivity index (χ1n) is 12.6.